The van der Waals surface area contributed by atoms with Crippen LogP contribution in [0, 0.1) is 0 Å². The van der Waals surface area contributed by atoms with Crippen molar-refractivity contribution in [3.63, 3.8) is 0 Å². The second kappa shape index (κ2) is 7.12. The number of amides is 2. The van der Waals surface area contributed by atoms with Crippen molar-refractivity contribution in [2.75, 3.05) is 6.54 Å². The summed E-state index contributed by atoms with van der Waals surface area (Å²) in [6.45, 7) is 2.50. The molecule has 0 spiro atoms. The van der Waals surface area contributed by atoms with Crippen molar-refractivity contribution in [1.82, 2.24) is 10.6 Å². The summed E-state index contributed by atoms with van der Waals surface area (Å²) in [5.74, 6) is -1.98. The molecule has 0 aliphatic rings. The molecule has 0 bridgehead atoms. The van der Waals surface area contributed by atoms with Crippen molar-refractivity contribution in [3.8, 4) is 0 Å². The minimum atomic E-state index is -1.38. The molecule has 0 aliphatic carbocycles. The molecule has 2 rings (SSSR count). The summed E-state index contributed by atoms with van der Waals surface area (Å²) in [5, 5.41) is 15.9. The van der Waals surface area contributed by atoms with Crippen LogP contribution in [-0.4, -0.2) is 35.0 Å². The minimum Gasteiger partial charge on any atom is -0.480 e. The lowest BCUT2D eigenvalue weighted by atomic mass is 10.0. The van der Waals surface area contributed by atoms with Gasteiger partial charge in [-0.15, -0.1) is 0 Å². The van der Waals surface area contributed by atoms with E-state index in [1.807, 2.05) is 42.5 Å². The molecule has 0 saturated heterocycles. The average molecular weight is 328 g/mol. The molecule has 126 valence electrons. The third-order valence-electron chi connectivity index (χ3n) is 3.66. The van der Waals surface area contributed by atoms with Crippen LogP contribution in [0.1, 0.15) is 19.4 Å². The number of hydrogen-bond acceptors (Lipinski definition) is 3. The molecule has 0 aromatic heterocycles. The molecule has 6 heteroatoms. The number of benzene rings is 2. The molecule has 24 heavy (non-hydrogen) atoms. The number of carbonyl (C=O) groups excluding carboxylic acids is 2. The maximum Gasteiger partial charge on any atom is 0.328 e. The fourth-order valence-electron chi connectivity index (χ4n) is 2.31. The number of nitrogens with one attached hydrogen (secondary N) is 2. The molecule has 3 N–H and O–H groups in total. The van der Waals surface area contributed by atoms with E-state index in [1.165, 1.54) is 13.8 Å². The van der Waals surface area contributed by atoms with Gasteiger partial charge in [-0.25, -0.2) is 4.79 Å². The highest BCUT2D eigenvalue weighted by Gasteiger charge is 2.28. The van der Waals surface area contributed by atoms with E-state index >= 15 is 0 Å². The molecule has 6 nitrogen and oxygen atoms in total. The largest absolute Gasteiger partial charge is 0.480 e. The lowest BCUT2D eigenvalue weighted by molar-refractivity contribution is -0.145. The van der Waals surface area contributed by atoms with Gasteiger partial charge in [-0.05, 0) is 30.2 Å². The second-order valence-electron chi connectivity index (χ2n) is 6.07. The van der Waals surface area contributed by atoms with Crippen molar-refractivity contribution in [3.05, 3.63) is 48.0 Å². The number of carbonyl (C=O) groups is 3. The zero-order chi connectivity index (χ0) is 17.7. The van der Waals surface area contributed by atoms with Crippen molar-refractivity contribution in [2.24, 2.45) is 0 Å². The van der Waals surface area contributed by atoms with E-state index in [9.17, 15) is 14.4 Å². The number of fused-ring (bicyclic) bond motifs is 1. The fourth-order valence-corrected chi connectivity index (χ4v) is 2.31. The maximum absolute atomic E-state index is 12.1. The van der Waals surface area contributed by atoms with Crippen molar-refractivity contribution < 1.29 is 19.5 Å². The quantitative estimate of drug-likeness (QED) is 0.748. The third-order valence-corrected chi connectivity index (χ3v) is 3.66. The monoisotopic (exact) mass is 328 g/mol. The van der Waals surface area contributed by atoms with Crippen LogP contribution in [0.3, 0.4) is 0 Å². The summed E-state index contributed by atoms with van der Waals surface area (Å²) in [6, 6.07) is 13.5. The lowest BCUT2D eigenvalue weighted by Crippen LogP contribution is -2.52. The van der Waals surface area contributed by atoms with E-state index in [2.05, 4.69) is 10.6 Å². The highest BCUT2D eigenvalue weighted by Crippen LogP contribution is 2.18. The van der Waals surface area contributed by atoms with Crippen LogP contribution in [0.5, 0.6) is 0 Å². The van der Waals surface area contributed by atoms with Gasteiger partial charge in [-0.1, -0.05) is 42.5 Å². The SMILES string of the molecule is CC(C)(NC(=O)CNC(=O)Cc1cccc2ccccc12)C(=O)O. The Balaban J connectivity index is 1.94. The summed E-state index contributed by atoms with van der Waals surface area (Å²) in [6.07, 6.45) is 0.150. The first-order valence-electron chi connectivity index (χ1n) is 7.57. The van der Waals surface area contributed by atoms with Gasteiger partial charge in [0.25, 0.3) is 0 Å². The molecule has 2 amide bonds. The zero-order valence-electron chi connectivity index (χ0n) is 13.6. The van der Waals surface area contributed by atoms with Crippen LogP contribution in [0.25, 0.3) is 10.8 Å². The first-order chi connectivity index (χ1) is 11.3. The van der Waals surface area contributed by atoms with Crippen LogP contribution in [0.15, 0.2) is 42.5 Å². The van der Waals surface area contributed by atoms with E-state index in [0.717, 1.165) is 16.3 Å². The number of aliphatic carboxylic acids is 1. The average Bonchev–Trinajstić information content (AvgIpc) is 2.53. The molecule has 0 fully saturated rings. The first kappa shape index (κ1) is 17.5. The Morgan fingerprint density at radius 1 is 1.00 bits per heavy atom. The Bertz CT molecular complexity index is 778. The minimum absolute atomic E-state index is 0.150. The normalized spacial score (nSPS) is 11.1. The molecule has 0 atom stereocenters. The van der Waals surface area contributed by atoms with Crippen LogP contribution < -0.4 is 10.6 Å². The molecule has 0 saturated carbocycles. The molecular weight excluding hydrogens is 308 g/mol. The predicted octanol–water partition coefficient (Wildman–Crippen LogP) is 1.48. The Morgan fingerprint density at radius 2 is 1.67 bits per heavy atom. The molecule has 2 aromatic carbocycles. The maximum atomic E-state index is 12.1. The van der Waals surface area contributed by atoms with Gasteiger partial charge in [-0.3, -0.25) is 9.59 Å². The summed E-state index contributed by atoms with van der Waals surface area (Å²) in [7, 11) is 0. The van der Waals surface area contributed by atoms with Gasteiger partial charge in [0.1, 0.15) is 5.54 Å². The number of carboxylic acids is 1. The lowest BCUT2D eigenvalue weighted by Gasteiger charge is -2.21. The Labute approximate surface area is 139 Å². The molecule has 0 heterocycles. The van der Waals surface area contributed by atoms with Crippen LogP contribution in [0.4, 0.5) is 0 Å². The molecular formula is C18H20N2O4. The van der Waals surface area contributed by atoms with Gasteiger partial charge >= 0.3 is 5.97 Å². The van der Waals surface area contributed by atoms with E-state index in [4.69, 9.17) is 5.11 Å². The topological polar surface area (TPSA) is 95.5 Å². The fraction of sp³-hybridized carbons (Fsp3) is 0.278. The van der Waals surface area contributed by atoms with Crippen LogP contribution in [-0.2, 0) is 20.8 Å². The standard InChI is InChI=1S/C18H20N2O4/c1-18(2,17(23)24)20-16(22)11-19-15(21)10-13-8-5-7-12-6-3-4-9-14(12)13/h3-9H,10-11H2,1-2H3,(H,19,21)(H,20,22)(H,23,24). The highest BCUT2D eigenvalue weighted by atomic mass is 16.4. The molecule has 0 unspecified atom stereocenters. The van der Waals surface area contributed by atoms with Crippen molar-refractivity contribution in [2.45, 2.75) is 25.8 Å². The van der Waals surface area contributed by atoms with E-state index < -0.39 is 17.4 Å². The highest BCUT2D eigenvalue weighted by molar-refractivity contribution is 5.92. The number of carboxylic acid groups (broad SMARTS) is 1. The van der Waals surface area contributed by atoms with Gasteiger partial charge in [-0.2, -0.15) is 0 Å². The van der Waals surface area contributed by atoms with Crippen molar-refractivity contribution in [1.29, 1.82) is 0 Å². The number of hydrogen-bond donors (Lipinski definition) is 3. The van der Waals surface area contributed by atoms with Gasteiger partial charge < -0.3 is 15.7 Å². The van der Waals surface area contributed by atoms with E-state index in [0.29, 0.717) is 0 Å². The molecule has 2 aromatic rings. The zero-order valence-corrected chi connectivity index (χ0v) is 13.6. The van der Waals surface area contributed by atoms with Crippen LogP contribution in [0.2, 0.25) is 0 Å². The summed E-state index contributed by atoms with van der Waals surface area (Å²) >= 11 is 0. The van der Waals surface area contributed by atoms with Gasteiger partial charge in [0.05, 0.1) is 13.0 Å². The Hall–Kier alpha value is -2.89. The van der Waals surface area contributed by atoms with Crippen LogP contribution >= 0.6 is 0 Å². The summed E-state index contributed by atoms with van der Waals surface area (Å²) in [5.41, 5.74) is -0.505. The molecule has 0 aliphatic heterocycles. The first-order valence-corrected chi connectivity index (χ1v) is 7.57. The Kier molecular flexibility index (Phi) is 5.18. The second-order valence-corrected chi connectivity index (χ2v) is 6.07. The molecule has 0 radical (unpaired) electrons. The van der Waals surface area contributed by atoms with E-state index in [-0.39, 0.29) is 18.9 Å². The van der Waals surface area contributed by atoms with Gasteiger partial charge in [0.2, 0.25) is 11.8 Å². The third kappa shape index (κ3) is 4.32. The van der Waals surface area contributed by atoms with Crippen molar-refractivity contribution >= 4 is 28.6 Å². The summed E-state index contributed by atoms with van der Waals surface area (Å²) < 4.78 is 0. The van der Waals surface area contributed by atoms with Gasteiger partial charge in [0.15, 0.2) is 0 Å². The predicted molar refractivity (Wildman–Crippen MR) is 90.5 cm³/mol. The summed E-state index contributed by atoms with van der Waals surface area (Å²) in [4.78, 5) is 34.8. The van der Waals surface area contributed by atoms with E-state index in [1.54, 1.807) is 0 Å². The number of rotatable bonds is 6. The smallest absolute Gasteiger partial charge is 0.328 e. The van der Waals surface area contributed by atoms with Gasteiger partial charge in [0, 0.05) is 0 Å². The Morgan fingerprint density at radius 3 is 2.38 bits per heavy atom.